The second-order valence-corrected chi connectivity index (χ2v) is 6.64. The Morgan fingerprint density at radius 2 is 1.67 bits per heavy atom. The Balaban J connectivity index is 2.24. The second-order valence-electron chi connectivity index (χ2n) is 5.73. The van der Waals surface area contributed by atoms with E-state index >= 15 is 0 Å². The van der Waals surface area contributed by atoms with Crippen molar-refractivity contribution in [1.29, 1.82) is 0 Å². The fraction of sp³-hybridized carbons (Fsp3) is 0.375. The molecule has 1 aromatic carbocycles. The van der Waals surface area contributed by atoms with Crippen molar-refractivity contribution in [3.05, 3.63) is 59.0 Å². The third kappa shape index (κ3) is 2.86. The van der Waals surface area contributed by atoms with E-state index in [-0.39, 0.29) is 10.2 Å². The van der Waals surface area contributed by atoms with Crippen LogP contribution in [-0.2, 0) is 5.41 Å². The average Bonchev–Trinajstić information content (AvgIpc) is 2.74. The molecular weight excluding hydrogens is 288 g/mol. The van der Waals surface area contributed by atoms with Gasteiger partial charge in [-0.15, -0.1) is 0 Å². The molecule has 0 saturated carbocycles. The number of alkyl halides is 1. The zero-order valence-electron chi connectivity index (χ0n) is 11.3. The van der Waals surface area contributed by atoms with Crippen molar-refractivity contribution >= 4 is 15.9 Å². The van der Waals surface area contributed by atoms with Crippen LogP contribution in [0.5, 0.6) is 0 Å². The first-order valence-electron chi connectivity index (χ1n) is 6.17. The van der Waals surface area contributed by atoms with Crippen LogP contribution in [0, 0.1) is 6.92 Å². The molecule has 0 aliphatic heterocycles. The van der Waals surface area contributed by atoms with Crippen molar-refractivity contribution < 1.29 is 4.42 Å². The Bertz CT molecular complexity index is 517. The van der Waals surface area contributed by atoms with Crippen LogP contribution in [0.1, 0.15) is 48.0 Å². The van der Waals surface area contributed by atoms with E-state index in [0.29, 0.717) is 0 Å². The summed E-state index contributed by atoms with van der Waals surface area (Å²) < 4.78 is 5.36. The summed E-state index contributed by atoms with van der Waals surface area (Å²) in [4.78, 5) is 0.198. The minimum absolute atomic E-state index is 0.198. The molecule has 96 valence electrons. The molecule has 1 nitrogen and oxygen atoms in total. The molecule has 2 aromatic rings. The molecule has 1 heterocycles. The first-order chi connectivity index (χ1) is 8.38. The highest BCUT2D eigenvalue weighted by atomic mass is 79.9. The topological polar surface area (TPSA) is 13.1 Å². The maximum absolute atomic E-state index is 5.36. The predicted octanol–water partition coefficient (Wildman–Crippen LogP) is 5.37. The van der Waals surface area contributed by atoms with Gasteiger partial charge in [-0.3, -0.25) is 0 Å². The van der Waals surface area contributed by atoms with E-state index < -0.39 is 0 Å². The van der Waals surface area contributed by atoms with Crippen LogP contribution >= 0.6 is 15.9 Å². The van der Waals surface area contributed by atoms with Crippen LogP contribution in [0.15, 0.2) is 41.0 Å². The van der Waals surface area contributed by atoms with Gasteiger partial charge in [0.1, 0.15) is 5.76 Å². The van der Waals surface area contributed by atoms with Crippen molar-refractivity contribution in [1.82, 2.24) is 0 Å². The molecule has 1 unspecified atom stereocenters. The van der Waals surface area contributed by atoms with Gasteiger partial charge in [0.15, 0.2) is 0 Å². The van der Waals surface area contributed by atoms with E-state index in [1.165, 1.54) is 11.1 Å². The normalized spacial score (nSPS) is 13.6. The van der Waals surface area contributed by atoms with Crippen LogP contribution in [0.3, 0.4) is 0 Å². The van der Waals surface area contributed by atoms with Gasteiger partial charge in [0, 0.05) is 5.56 Å². The molecule has 2 rings (SSSR count). The summed E-state index contributed by atoms with van der Waals surface area (Å²) in [5, 5.41) is 0. The SMILES string of the molecule is Cc1cc(C(Br)c2ccc(C(C)(C)C)cc2)co1. The summed E-state index contributed by atoms with van der Waals surface area (Å²) in [7, 11) is 0. The van der Waals surface area contributed by atoms with Crippen molar-refractivity contribution in [2.75, 3.05) is 0 Å². The third-order valence-electron chi connectivity index (χ3n) is 3.11. The van der Waals surface area contributed by atoms with Crippen LogP contribution in [0.4, 0.5) is 0 Å². The number of aryl methyl sites for hydroxylation is 1. The molecule has 0 radical (unpaired) electrons. The summed E-state index contributed by atoms with van der Waals surface area (Å²) in [5.41, 5.74) is 3.97. The lowest BCUT2D eigenvalue weighted by atomic mass is 9.86. The monoisotopic (exact) mass is 306 g/mol. The molecule has 1 atom stereocenters. The number of hydrogen-bond donors (Lipinski definition) is 0. The fourth-order valence-corrected chi connectivity index (χ4v) is 2.49. The quantitative estimate of drug-likeness (QED) is 0.680. The summed E-state index contributed by atoms with van der Waals surface area (Å²) in [6, 6.07) is 10.8. The zero-order chi connectivity index (χ0) is 13.3. The van der Waals surface area contributed by atoms with Gasteiger partial charge >= 0.3 is 0 Å². The van der Waals surface area contributed by atoms with Gasteiger partial charge in [-0.05, 0) is 29.5 Å². The number of furan rings is 1. The highest BCUT2D eigenvalue weighted by molar-refractivity contribution is 9.09. The molecule has 0 amide bonds. The van der Waals surface area contributed by atoms with E-state index in [2.05, 4.69) is 67.0 Å². The number of hydrogen-bond acceptors (Lipinski definition) is 1. The predicted molar refractivity (Wildman–Crippen MR) is 79.4 cm³/mol. The summed E-state index contributed by atoms with van der Waals surface area (Å²) in [5.74, 6) is 0.945. The lowest BCUT2D eigenvalue weighted by Gasteiger charge is -2.19. The van der Waals surface area contributed by atoms with Gasteiger partial charge in [0.25, 0.3) is 0 Å². The molecule has 0 aliphatic rings. The maximum Gasteiger partial charge on any atom is 0.101 e. The Morgan fingerprint density at radius 3 is 2.11 bits per heavy atom. The Labute approximate surface area is 117 Å². The van der Waals surface area contributed by atoms with Gasteiger partial charge in [-0.1, -0.05) is 61.0 Å². The molecule has 0 N–H and O–H groups in total. The van der Waals surface area contributed by atoms with Gasteiger partial charge in [0.05, 0.1) is 11.1 Å². The Morgan fingerprint density at radius 1 is 1.06 bits per heavy atom. The van der Waals surface area contributed by atoms with Crippen LogP contribution < -0.4 is 0 Å². The molecule has 0 spiro atoms. The lowest BCUT2D eigenvalue weighted by molar-refractivity contribution is 0.532. The van der Waals surface area contributed by atoms with Crippen LogP contribution in [-0.4, -0.2) is 0 Å². The summed E-state index contributed by atoms with van der Waals surface area (Å²) in [6.07, 6.45) is 1.81. The van der Waals surface area contributed by atoms with Crippen molar-refractivity contribution in [2.24, 2.45) is 0 Å². The minimum Gasteiger partial charge on any atom is -0.469 e. The zero-order valence-corrected chi connectivity index (χ0v) is 12.9. The molecule has 0 fully saturated rings. The van der Waals surface area contributed by atoms with Crippen molar-refractivity contribution in [2.45, 2.75) is 37.9 Å². The minimum atomic E-state index is 0.198. The number of halogens is 1. The van der Waals surface area contributed by atoms with Gasteiger partial charge in [-0.25, -0.2) is 0 Å². The van der Waals surface area contributed by atoms with Crippen molar-refractivity contribution in [3.8, 4) is 0 Å². The second kappa shape index (κ2) is 4.93. The van der Waals surface area contributed by atoms with E-state index in [4.69, 9.17) is 4.42 Å². The standard InChI is InChI=1S/C16H19BrO/c1-11-9-13(10-18-11)15(17)12-5-7-14(8-6-12)16(2,3)4/h5-10,15H,1-4H3. The van der Waals surface area contributed by atoms with Gasteiger partial charge in [-0.2, -0.15) is 0 Å². The van der Waals surface area contributed by atoms with Gasteiger partial charge in [0.2, 0.25) is 0 Å². The van der Waals surface area contributed by atoms with Crippen molar-refractivity contribution in [3.63, 3.8) is 0 Å². The highest BCUT2D eigenvalue weighted by Crippen LogP contribution is 2.33. The fourth-order valence-electron chi connectivity index (χ4n) is 1.94. The molecule has 0 saturated heterocycles. The molecule has 0 aliphatic carbocycles. The Hall–Kier alpha value is -1.02. The molecule has 0 bridgehead atoms. The highest BCUT2D eigenvalue weighted by Gasteiger charge is 2.16. The maximum atomic E-state index is 5.36. The Kier molecular flexibility index (Phi) is 3.67. The van der Waals surface area contributed by atoms with E-state index in [1.54, 1.807) is 0 Å². The molecule has 1 aromatic heterocycles. The van der Waals surface area contributed by atoms with Gasteiger partial charge < -0.3 is 4.42 Å². The molecule has 2 heteroatoms. The average molecular weight is 307 g/mol. The number of benzene rings is 1. The van der Waals surface area contributed by atoms with Crippen LogP contribution in [0.2, 0.25) is 0 Å². The smallest absolute Gasteiger partial charge is 0.101 e. The van der Waals surface area contributed by atoms with E-state index in [0.717, 1.165) is 11.3 Å². The third-order valence-corrected chi connectivity index (χ3v) is 4.17. The first kappa shape index (κ1) is 13.4. The first-order valence-corrected chi connectivity index (χ1v) is 7.09. The largest absolute Gasteiger partial charge is 0.469 e. The summed E-state index contributed by atoms with van der Waals surface area (Å²) in [6.45, 7) is 8.65. The number of rotatable bonds is 2. The molecule has 18 heavy (non-hydrogen) atoms. The molecular formula is C16H19BrO. The van der Waals surface area contributed by atoms with Crippen LogP contribution in [0.25, 0.3) is 0 Å². The summed E-state index contributed by atoms with van der Waals surface area (Å²) >= 11 is 3.72. The lowest BCUT2D eigenvalue weighted by Crippen LogP contribution is -2.10. The van der Waals surface area contributed by atoms with E-state index in [1.807, 2.05) is 13.2 Å². The van der Waals surface area contributed by atoms with E-state index in [9.17, 15) is 0 Å².